The van der Waals surface area contributed by atoms with Crippen molar-refractivity contribution in [2.45, 2.75) is 16.6 Å². The average molecular weight is 349 g/mol. The smallest absolute Gasteiger partial charge is 0.265 e. The van der Waals surface area contributed by atoms with Gasteiger partial charge in [0.2, 0.25) is 5.91 Å². The fourth-order valence-corrected chi connectivity index (χ4v) is 4.11. The molecular weight excluding hydrogens is 334 g/mol. The van der Waals surface area contributed by atoms with Gasteiger partial charge in [0.25, 0.3) is 5.91 Å². The molecule has 1 aromatic heterocycles. The van der Waals surface area contributed by atoms with Gasteiger partial charge in [0, 0.05) is 16.9 Å². The Balaban J connectivity index is 1.77. The van der Waals surface area contributed by atoms with Gasteiger partial charge in [-0.2, -0.15) is 0 Å². The number of para-hydroxylation sites is 1. The predicted octanol–water partition coefficient (Wildman–Crippen LogP) is 4.69. The molecule has 3 aromatic rings. The standard InChI is InChI=1S/C20H15NO3S/c22-19-13-18(16-10-6-12-24-16)25-17-11-5-4-9-15(17)21(19)20(23)14-7-2-1-3-8-14/h1-12,18H,13H2. The van der Waals surface area contributed by atoms with Crippen LogP contribution in [0.3, 0.4) is 0 Å². The van der Waals surface area contributed by atoms with Crippen molar-refractivity contribution in [1.82, 2.24) is 0 Å². The van der Waals surface area contributed by atoms with Crippen LogP contribution >= 0.6 is 11.8 Å². The number of carbonyl (C=O) groups excluding carboxylic acids is 2. The number of thioether (sulfide) groups is 1. The van der Waals surface area contributed by atoms with Crippen LogP contribution < -0.4 is 4.90 Å². The summed E-state index contributed by atoms with van der Waals surface area (Å²) in [6.45, 7) is 0. The van der Waals surface area contributed by atoms with E-state index in [1.807, 2.05) is 42.5 Å². The highest BCUT2D eigenvalue weighted by atomic mass is 32.2. The number of nitrogens with zero attached hydrogens (tertiary/aromatic N) is 1. The monoisotopic (exact) mass is 349 g/mol. The lowest BCUT2D eigenvalue weighted by Gasteiger charge is -2.20. The van der Waals surface area contributed by atoms with Crippen LogP contribution in [-0.2, 0) is 4.79 Å². The molecule has 1 aliphatic heterocycles. The first-order valence-electron chi connectivity index (χ1n) is 7.95. The van der Waals surface area contributed by atoms with Crippen LogP contribution in [0.15, 0.2) is 82.3 Å². The summed E-state index contributed by atoms with van der Waals surface area (Å²) in [5.41, 5.74) is 1.12. The first-order chi connectivity index (χ1) is 12.2. The number of anilines is 1. The summed E-state index contributed by atoms with van der Waals surface area (Å²) in [7, 11) is 0. The van der Waals surface area contributed by atoms with Crippen molar-refractivity contribution < 1.29 is 14.0 Å². The fourth-order valence-electron chi connectivity index (χ4n) is 2.89. The number of rotatable bonds is 2. The van der Waals surface area contributed by atoms with E-state index in [4.69, 9.17) is 4.42 Å². The van der Waals surface area contributed by atoms with E-state index in [1.165, 1.54) is 4.90 Å². The Labute approximate surface area is 149 Å². The zero-order valence-electron chi connectivity index (χ0n) is 13.3. The van der Waals surface area contributed by atoms with Crippen LogP contribution in [0.1, 0.15) is 27.8 Å². The van der Waals surface area contributed by atoms with E-state index in [0.29, 0.717) is 11.3 Å². The molecule has 0 saturated heterocycles. The second kappa shape index (κ2) is 6.61. The van der Waals surface area contributed by atoms with Crippen molar-refractivity contribution in [3.05, 3.63) is 84.3 Å². The lowest BCUT2D eigenvalue weighted by atomic mass is 10.1. The third-order valence-corrected chi connectivity index (χ3v) is 5.35. The van der Waals surface area contributed by atoms with E-state index in [-0.39, 0.29) is 23.5 Å². The minimum Gasteiger partial charge on any atom is -0.468 e. The third-order valence-electron chi connectivity index (χ3n) is 4.07. The molecule has 4 nitrogen and oxygen atoms in total. The minimum atomic E-state index is -0.307. The highest BCUT2D eigenvalue weighted by molar-refractivity contribution is 7.99. The van der Waals surface area contributed by atoms with Gasteiger partial charge in [-0.25, -0.2) is 4.90 Å². The van der Waals surface area contributed by atoms with Crippen molar-refractivity contribution >= 4 is 29.3 Å². The molecule has 0 aliphatic carbocycles. The number of amides is 2. The van der Waals surface area contributed by atoms with Gasteiger partial charge < -0.3 is 4.42 Å². The van der Waals surface area contributed by atoms with Crippen LogP contribution in [0.25, 0.3) is 0 Å². The molecule has 124 valence electrons. The lowest BCUT2D eigenvalue weighted by Crippen LogP contribution is -2.36. The number of carbonyl (C=O) groups is 2. The summed E-state index contributed by atoms with van der Waals surface area (Å²) < 4.78 is 5.50. The van der Waals surface area contributed by atoms with Gasteiger partial charge in [-0.05, 0) is 36.4 Å². The van der Waals surface area contributed by atoms with E-state index >= 15 is 0 Å². The topological polar surface area (TPSA) is 50.5 Å². The summed E-state index contributed by atoms with van der Waals surface area (Å²) in [5, 5.41) is -0.155. The van der Waals surface area contributed by atoms with E-state index < -0.39 is 0 Å². The normalized spacial score (nSPS) is 17.0. The van der Waals surface area contributed by atoms with E-state index in [2.05, 4.69) is 0 Å². The van der Waals surface area contributed by atoms with Crippen LogP contribution in [0, 0.1) is 0 Å². The second-order valence-corrected chi connectivity index (χ2v) is 6.94. The van der Waals surface area contributed by atoms with Crippen molar-refractivity contribution in [2.75, 3.05) is 4.90 Å². The molecule has 0 spiro atoms. The molecular formula is C20H15NO3S. The molecule has 0 radical (unpaired) electrons. The zero-order valence-corrected chi connectivity index (χ0v) is 14.1. The first-order valence-corrected chi connectivity index (χ1v) is 8.83. The highest BCUT2D eigenvalue weighted by Crippen LogP contribution is 2.45. The van der Waals surface area contributed by atoms with Crippen molar-refractivity contribution in [1.29, 1.82) is 0 Å². The molecule has 2 aromatic carbocycles. The molecule has 5 heteroatoms. The Hall–Kier alpha value is -2.79. The Morgan fingerprint density at radius 3 is 2.52 bits per heavy atom. The highest BCUT2D eigenvalue weighted by Gasteiger charge is 2.34. The molecule has 0 fully saturated rings. The quantitative estimate of drug-likeness (QED) is 0.630. The van der Waals surface area contributed by atoms with Crippen molar-refractivity contribution in [3.63, 3.8) is 0 Å². The van der Waals surface area contributed by atoms with Gasteiger partial charge in [-0.3, -0.25) is 9.59 Å². The zero-order chi connectivity index (χ0) is 17.2. The third kappa shape index (κ3) is 2.98. The number of imide groups is 1. The van der Waals surface area contributed by atoms with Crippen LogP contribution in [0.2, 0.25) is 0 Å². The van der Waals surface area contributed by atoms with E-state index in [9.17, 15) is 9.59 Å². The van der Waals surface area contributed by atoms with Gasteiger partial charge in [0.1, 0.15) is 5.76 Å². The largest absolute Gasteiger partial charge is 0.468 e. The molecule has 0 bridgehead atoms. The van der Waals surface area contributed by atoms with Gasteiger partial charge in [-0.15, -0.1) is 11.8 Å². The number of hydrogen-bond donors (Lipinski definition) is 0. The summed E-state index contributed by atoms with van der Waals surface area (Å²) in [6, 6.07) is 20.0. The average Bonchev–Trinajstić information content (AvgIpc) is 3.13. The van der Waals surface area contributed by atoms with Gasteiger partial charge >= 0.3 is 0 Å². The predicted molar refractivity (Wildman–Crippen MR) is 96.6 cm³/mol. The van der Waals surface area contributed by atoms with Crippen LogP contribution in [0.4, 0.5) is 5.69 Å². The number of fused-ring (bicyclic) bond motifs is 1. The Morgan fingerprint density at radius 2 is 1.76 bits per heavy atom. The molecule has 1 atom stereocenters. The summed E-state index contributed by atoms with van der Waals surface area (Å²) in [4.78, 5) is 28.1. The number of benzene rings is 2. The molecule has 1 aliphatic rings. The first kappa shape index (κ1) is 15.7. The van der Waals surface area contributed by atoms with Crippen LogP contribution in [-0.4, -0.2) is 11.8 Å². The molecule has 0 N–H and O–H groups in total. The maximum absolute atomic E-state index is 13.0. The molecule has 2 heterocycles. The van der Waals surface area contributed by atoms with E-state index in [0.717, 1.165) is 10.7 Å². The Bertz CT molecular complexity index is 906. The Kier molecular flexibility index (Phi) is 4.15. The summed E-state index contributed by atoms with van der Waals surface area (Å²) in [5.74, 6) is 0.202. The number of hydrogen-bond acceptors (Lipinski definition) is 4. The van der Waals surface area contributed by atoms with Crippen molar-refractivity contribution in [2.24, 2.45) is 0 Å². The second-order valence-electron chi connectivity index (χ2n) is 5.69. The summed E-state index contributed by atoms with van der Waals surface area (Å²) in [6.07, 6.45) is 1.80. The van der Waals surface area contributed by atoms with E-state index in [1.54, 1.807) is 42.3 Å². The fraction of sp³-hybridized carbons (Fsp3) is 0.100. The molecule has 2 amide bonds. The van der Waals surface area contributed by atoms with Crippen molar-refractivity contribution in [3.8, 4) is 0 Å². The molecule has 25 heavy (non-hydrogen) atoms. The van der Waals surface area contributed by atoms with Gasteiger partial charge in [0.15, 0.2) is 0 Å². The Morgan fingerprint density at radius 1 is 1.00 bits per heavy atom. The minimum absolute atomic E-state index is 0.155. The lowest BCUT2D eigenvalue weighted by molar-refractivity contribution is -0.118. The molecule has 4 rings (SSSR count). The van der Waals surface area contributed by atoms with Gasteiger partial charge in [-0.1, -0.05) is 30.3 Å². The summed E-state index contributed by atoms with van der Waals surface area (Å²) >= 11 is 1.55. The molecule has 1 unspecified atom stereocenters. The maximum atomic E-state index is 13.0. The maximum Gasteiger partial charge on any atom is 0.265 e. The van der Waals surface area contributed by atoms with Crippen LogP contribution in [0.5, 0.6) is 0 Å². The van der Waals surface area contributed by atoms with Gasteiger partial charge in [0.05, 0.1) is 17.2 Å². The number of furan rings is 1. The molecule has 0 saturated carbocycles. The SMILES string of the molecule is O=C1CC(c2ccco2)Sc2ccccc2N1C(=O)c1ccccc1.